The summed E-state index contributed by atoms with van der Waals surface area (Å²) in [5.41, 5.74) is 1.64. The minimum atomic E-state index is 0.0505. The summed E-state index contributed by atoms with van der Waals surface area (Å²) >= 11 is 0. The van der Waals surface area contributed by atoms with Gasteiger partial charge in [-0.2, -0.15) is 0 Å². The first-order chi connectivity index (χ1) is 5.61. The molecular formula is C10H13NO. The van der Waals surface area contributed by atoms with Gasteiger partial charge in [0.2, 0.25) is 0 Å². The number of pyridine rings is 1. The van der Waals surface area contributed by atoms with Gasteiger partial charge >= 0.3 is 0 Å². The number of hydrogen-bond acceptors (Lipinski definition) is 2. The summed E-state index contributed by atoms with van der Waals surface area (Å²) in [4.78, 5) is 15.5. The summed E-state index contributed by atoms with van der Waals surface area (Å²) in [5, 5.41) is 0. The van der Waals surface area contributed by atoms with E-state index in [-0.39, 0.29) is 11.7 Å². The molecule has 1 rings (SSSR count). The number of ketones is 1. The second kappa shape index (κ2) is 3.48. The number of hydrogen-bond donors (Lipinski definition) is 0. The van der Waals surface area contributed by atoms with Gasteiger partial charge in [-0.1, -0.05) is 13.8 Å². The monoisotopic (exact) mass is 163 g/mol. The van der Waals surface area contributed by atoms with Gasteiger partial charge in [-0.25, -0.2) is 0 Å². The Kier molecular flexibility index (Phi) is 2.58. The van der Waals surface area contributed by atoms with Crippen molar-refractivity contribution in [1.82, 2.24) is 4.98 Å². The van der Waals surface area contributed by atoms with Crippen molar-refractivity contribution >= 4 is 5.78 Å². The third kappa shape index (κ3) is 1.91. The van der Waals surface area contributed by atoms with Gasteiger partial charge in [0, 0.05) is 23.4 Å². The second-order valence-electron chi connectivity index (χ2n) is 3.21. The Bertz CT molecular complexity index is 274. The predicted molar refractivity (Wildman–Crippen MR) is 48.1 cm³/mol. The van der Waals surface area contributed by atoms with Gasteiger partial charge in [0.05, 0.1) is 0 Å². The van der Waals surface area contributed by atoms with E-state index in [0.29, 0.717) is 5.56 Å². The fraction of sp³-hybridized carbons (Fsp3) is 0.400. The SMILES string of the molecule is Cc1ccc(C(=O)C(C)C)cn1. The van der Waals surface area contributed by atoms with Crippen molar-refractivity contribution in [3.8, 4) is 0 Å². The van der Waals surface area contributed by atoms with Gasteiger partial charge in [0.25, 0.3) is 0 Å². The Morgan fingerprint density at radius 3 is 2.50 bits per heavy atom. The molecule has 0 aliphatic carbocycles. The lowest BCUT2D eigenvalue weighted by atomic mass is 10.0. The van der Waals surface area contributed by atoms with Crippen LogP contribution in [0.5, 0.6) is 0 Å². The quantitative estimate of drug-likeness (QED) is 0.626. The van der Waals surface area contributed by atoms with E-state index in [1.807, 2.05) is 32.9 Å². The molecule has 0 spiro atoms. The first-order valence-corrected chi connectivity index (χ1v) is 4.08. The van der Waals surface area contributed by atoms with Gasteiger partial charge in [-0.15, -0.1) is 0 Å². The molecule has 0 atom stereocenters. The molecule has 2 nitrogen and oxygen atoms in total. The topological polar surface area (TPSA) is 30.0 Å². The van der Waals surface area contributed by atoms with Crippen LogP contribution in [0.3, 0.4) is 0 Å². The normalized spacial score (nSPS) is 10.3. The lowest BCUT2D eigenvalue weighted by Gasteiger charge is -2.02. The molecule has 64 valence electrons. The van der Waals surface area contributed by atoms with Crippen molar-refractivity contribution in [3.05, 3.63) is 29.6 Å². The number of carbonyl (C=O) groups excluding carboxylic acids is 1. The number of rotatable bonds is 2. The maximum Gasteiger partial charge on any atom is 0.166 e. The van der Waals surface area contributed by atoms with E-state index < -0.39 is 0 Å². The molecule has 0 saturated heterocycles. The van der Waals surface area contributed by atoms with Crippen LogP contribution in [-0.2, 0) is 0 Å². The van der Waals surface area contributed by atoms with Crippen molar-refractivity contribution in [3.63, 3.8) is 0 Å². The summed E-state index contributed by atoms with van der Waals surface area (Å²) in [6, 6.07) is 3.68. The first-order valence-electron chi connectivity index (χ1n) is 4.08. The van der Waals surface area contributed by atoms with Crippen molar-refractivity contribution in [1.29, 1.82) is 0 Å². The zero-order chi connectivity index (χ0) is 9.14. The lowest BCUT2D eigenvalue weighted by molar-refractivity contribution is 0.0939. The molecule has 12 heavy (non-hydrogen) atoms. The van der Waals surface area contributed by atoms with Crippen LogP contribution in [0.15, 0.2) is 18.3 Å². The van der Waals surface area contributed by atoms with E-state index in [0.717, 1.165) is 5.69 Å². The fourth-order valence-electron chi connectivity index (χ4n) is 0.947. The molecule has 0 aliphatic heterocycles. The molecule has 0 fully saturated rings. The molecule has 0 saturated carbocycles. The Balaban J connectivity index is 2.90. The van der Waals surface area contributed by atoms with E-state index >= 15 is 0 Å². The van der Waals surface area contributed by atoms with E-state index in [4.69, 9.17) is 0 Å². The molecule has 0 radical (unpaired) electrons. The van der Waals surface area contributed by atoms with Crippen molar-refractivity contribution < 1.29 is 4.79 Å². The molecule has 0 unspecified atom stereocenters. The lowest BCUT2D eigenvalue weighted by Crippen LogP contribution is -2.07. The molecule has 0 N–H and O–H groups in total. The van der Waals surface area contributed by atoms with Crippen molar-refractivity contribution in [2.75, 3.05) is 0 Å². The summed E-state index contributed by atoms with van der Waals surface area (Å²) < 4.78 is 0. The molecule has 1 heterocycles. The van der Waals surface area contributed by atoms with Crippen LogP contribution in [0, 0.1) is 12.8 Å². The summed E-state index contributed by atoms with van der Waals surface area (Å²) in [6.45, 7) is 5.69. The molecule has 0 aliphatic rings. The zero-order valence-electron chi connectivity index (χ0n) is 7.66. The van der Waals surface area contributed by atoms with Crippen LogP contribution in [0.4, 0.5) is 0 Å². The summed E-state index contributed by atoms with van der Waals surface area (Å²) in [5.74, 6) is 0.206. The number of carbonyl (C=O) groups is 1. The predicted octanol–water partition coefficient (Wildman–Crippen LogP) is 2.23. The highest BCUT2D eigenvalue weighted by molar-refractivity contribution is 5.97. The van der Waals surface area contributed by atoms with E-state index in [2.05, 4.69) is 4.98 Å². The number of Topliss-reactive ketones (excluding diaryl/α,β-unsaturated/α-hetero) is 1. The highest BCUT2D eigenvalue weighted by Crippen LogP contribution is 2.06. The third-order valence-corrected chi connectivity index (χ3v) is 1.72. The minimum absolute atomic E-state index is 0.0505. The second-order valence-corrected chi connectivity index (χ2v) is 3.21. The zero-order valence-corrected chi connectivity index (χ0v) is 7.66. The van der Waals surface area contributed by atoms with Gasteiger partial charge in [-0.05, 0) is 19.1 Å². The molecule has 2 heteroatoms. The van der Waals surface area contributed by atoms with E-state index in [1.165, 1.54) is 0 Å². The average Bonchev–Trinajstić information content (AvgIpc) is 2.04. The van der Waals surface area contributed by atoms with Crippen molar-refractivity contribution in [2.45, 2.75) is 20.8 Å². The Labute approximate surface area is 72.6 Å². The Hall–Kier alpha value is -1.18. The highest BCUT2D eigenvalue weighted by Gasteiger charge is 2.09. The largest absolute Gasteiger partial charge is 0.294 e. The van der Waals surface area contributed by atoms with Crippen molar-refractivity contribution in [2.24, 2.45) is 5.92 Å². The Morgan fingerprint density at radius 2 is 2.08 bits per heavy atom. The third-order valence-electron chi connectivity index (χ3n) is 1.72. The van der Waals surface area contributed by atoms with Crippen LogP contribution < -0.4 is 0 Å². The van der Waals surface area contributed by atoms with E-state index in [1.54, 1.807) is 6.20 Å². The molecule has 0 amide bonds. The summed E-state index contributed by atoms with van der Waals surface area (Å²) in [7, 11) is 0. The standard InChI is InChI=1S/C10H13NO/c1-7(2)10(12)9-5-4-8(3)11-6-9/h4-7H,1-3H3. The molecule has 0 bridgehead atoms. The van der Waals surface area contributed by atoms with Crippen LogP contribution in [0.1, 0.15) is 29.9 Å². The van der Waals surface area contributed by atoms with Gasteiger partial charge in [-0.3, -0.25) is 9.78 Å². The highest BCUT2D eigenvalue weighted by atomic mass is 16.1. The van der Waals surface area contributed by atoms with Crippen LogP contribution in [-0.4, -0.2) is 10.8 Å². The van der Waals surface area contributed by atoms with Crippen LogP contribution in [0.2, 0.25) is 0 Å². The maximum absolute atomic E-state index is 11.4. The molecule has 0 aromatic carbocycles. The molecule has 1 aromatic rings. The minimum Gasteiger partial charge on any atom is -0.294 e. The van der Waals surface area contributed by atoms with Crippen LogP contribution >= 0.6 is 0 Å². The number of aromatic nitrogens is 1. The number of nitrogens with zero attached hydrogens (tertiary/aromatic N) is 1. The van der Waals surface area contributed by atoms with Gasteiger partial charge in [0.1, 0.15) is 0 Å². The smallest absolute Gasteiger partial charge is 0.166 e. The molecular weight excluding hydrogens is 150 g/mol. The average molecular weight is 163 g/mol. The first kappa shape index (κ1) is 8.91. The maximum atomic E-state index is 11.4. The van der Waals surface area contributed by atoms with Gasteiger partial charge in [0.15, 0.2) is 5.78 Å². The fourth-order valence-corrected chi connectivity index (χ4v) is 0.947. The summed E-state index contributed by atoms with van der Waals surface area (Å²) in [6.07, 6.45) is 1.64. The molecule has 1 aromatic heterocycles. The number of aryl methyl sites for hydroxylation is 1. The Morgan fingerprint density at radius 1 is 1.42 bits per heavy atom. The van der Waals surface area contributed by atoms with Crippen LogP contribution in [0.25, 0.3) is 0 Å². The van der Waals surface area contributed by atoms with E-state index in [9.17, 15) is 4.79 Å². The van der Waals surface area contributed by atoms with Gasteiger partial charge < -0.3 is 0 Å².